The van der Waals surface area contributed by atoms with E-state index in [9.17, 15) is 33.9 Å². The van der Waals surface area contributed by atoms with Gasteiger partial charge in [-0.2, -0.15) is 23.5 Å². The molecule has 4 atom stereocenters. The lowest BCUT2D eigenvalue weighted by atomic mass is 10.1. The van der Waals surface area contributed by atoms with Crippen LogP contribution < -0.4 is 21.7 Å². The van der Waals surface area contributed by atoms with Crippen LogP contribution in [0.3, 0.4) is 0 Å². The van der Waals surface area contributed by atoms with E-state index in [1.807, 2.05) is 6.26 Å². The molecule has 15 heteroatoms. The molecule has 0 saturated carbocycles. The smallest absolute Gasteiger partial charge is 0.326 e. The monoisotopic (exact) mass is 524 g/mol. The van der Waals surface area contributed by atoms with Crippen molar-refractivity contribution in [2.45, 2.75) is 56.3 Å². The van der Waals surface area contributed by atoms with Gasteiger partial charge in [-0.05, 0) is 43.3 Å². The van der Waals surface area contributed by atoms with Gasteiger partial charge >= 0.3 is 17.9 Å². The van der Waals surface area contributed by atoms with Crippen molar-refractivity contribution in [1.82, 2.24) is 16.0 Å². The van der Waals surface area contributed by atoms with Crippen molar-refractivity contribution in [3.8, 4) is 0 Å². The van der Waals surface area contributed by atoms with Gasteiger partial charge in [-0.25, -0.2) is 4.79 Å². The average molecular weight is 525 g/mol. The molecule has 0 aliphatic carbocycles. The average Bonchev–Trinajstić information content (AvgIpc) is 2.75. The Bertz CT molecular complexity index is 739. The highest BCUT2D eigenvalue weighted by Gasteiger charge is 2.31. The van der Waals surface area contributed by atoms with Crippen molar-refractivity contribution in [1.29, 1.82) is 0 Å². The zero-order valence-corrected chi connectivity index (χ0v) is 20.6. The number of nitrogens with two attached hydrogens (primary N) is 1. The van der Waals surface area contributed by atoms with Gasteiger partial charge in [0, 0.05) is 6.42 Å². The summed E-state index contributed by atoms with van der Waals surface area (Å²) in [4.78, 5) is 71.0. The van der Waals surface area contributed by atoms with Crippen LogP contribution in [-0.2, 0) is 28.8 Å². The fraction of sp³-hybridized carbons (Fsp3) is 0.684. The van der Waals surface area contributed by atoms with Crippen molar-refractivity contribution in [2.75, 3.05) is 24.0 Å². The maximum Gasteiger partial charge on any atom is 0.326 e. The van der Waals surface area contributed by atoms with Crippen molar-refractivity contribution in [2.24, 2.45) is 5.73 Å². The van der Waals surface area contributed by atoms with Gasteiger partial charge in [0.2, 0.25) is 17.7 Å². The van der Waals surface area contributed by atoms with Crippen LogP contribution in [0.1, 0.15) is 32.1 Å². The summed E-state index contributed by atoms with van der Waals surface area (Å²) < 4.78 is 0. The van der Waals surface area contributed by atoms with Gasteiger partial charge in [-0.15, -0.1) is 0 Å². The fourth-order valence-electron chi connectivity index (χ4n) is 2.61. The van der Waals surface area contributed by atoms with Gasteiger partial charge in [-0.1, -0.05) is 0 Å². The number of rotatable bonds is 18. The lowest BCUT2D eigenvalue weighted by Crippen LogP contribution is -2.57. The number of aliphatic carboxylic acids is 3. The maximum absolute atomic E-state index is 12.7. The molecule has 13 nitrogen and oxygen atoms in total. The molecule has 0 spiro atoms. The Morgan fingerprint density at radius 2 is 1.21 bits per heavy atom. The summed E-state index contributed by atoms with van der Waals surface area (Å²) in [5.41, 5.74) is 5.76. The second-order valence-electron chi connectivity index (χ2n) is 7.22. The van der Waals surface area contributed by atoms with Crippen LogP contribution in [0, 0.1) is 0 Å². The third-order valence-electron chi connectivity index (χ3n) is 4.49. The zero-order valence-electron chi connectivity index (χ0n) is 18.9. The number of nitrogens with one attached hydrogen (secondary N) is 3. The first kappa shape index (κ1) is 31.5. The summed E-state index contributed by atoms with van der Waals surface area (Å²) >= 11 is 2.81. The molecule has 0 aliphatic rings. The molecule has 0 bridgehead atoms. The van der Waals surface area contributed by atoms with E-state index in [0.29, 0.717) is 17.9 Å². The molecular weight excluding hydrogens is 492 g/mol. The first-order valence-corrected chi connectivity index (χ1v) is 13.0. The molecular formula is C19H32N4O9S2. The second kappa shape index (κ2) is 17.0. The molecule has 0 radical (unpaired) electrons. The Labute approximate surface area is 205 Å². The first-order chi connectivity index (χ1) is 15.9. The Hall–Kier alpha value is -2.52. The van der Waals surface area contributed by atoms with Gasteiger partial charge in [0.25, 0.3) is 0 Å². The quantitative estimate of drug-likeness (QED) is 0.111. The predicted octanol–water partition coefficient (Wildman–Crippen LogP) is -1.30. The largest absolute Gasteiger partial charge is 0.481 e. The van der Waals surface area contributed by atoms with Crippen molar-refractivity contribution < 1.29 is 44.1 Å². The minimum Gasteiger partial charge on any atom is -0.481 e. The number of carbonyl (C=O) groups is 6. The predicted molar refractivity (Wildman–Crippen MR) is 127 cm³/mol. The zero-order chi connectivity index (χ0) is 26.3. The topological polar surface area (TPSA) is 225 Å². The van der Waals surface area contributed by atoms with Crippen LogP contribution in [0.5, 0.6) is 0 Å². The number of thioether (sulfide) groups is 2. The van der Waals surface area contributed by atoms with E-state index in [1.54, 1.807) is 6.26 Å². The summed E-state index contributed by atoms with van der Waals surface area (Å²) in [5, 5.41) is 34.0. The van der Waals surface area contributed by atoms with Gasteiger partial charge in [-0.3, -0.25) is 24.0 Å². The van der Waals surface area contributed by atoms with E-state index in [-0.39, 0.29) is 12.8 Å². The lowest BCUT2D eigenvalue weighted by molar-refractivity contribution is -0.144. The van der Waals surface area contributed by atoms with Gasteiger partial charge < -0.3 is 37.0 Å². The summed E-state index contributed by atoms with van der Waals surface area (Å²) in [6.45, 7) is 0. The molecule has 0 aromatic heterocycles. The Morgan fingerprint density at radius 1 is 0.706 bits per heavy atom. The molecule has 0 rings (SSSR count). The minimum absolute atomic E-state index is 0.0744. The van der Waals surface area contributed by atoms with Crippen LogP contribution in [0.2, 0.25) is 0 Å². The Balaban J connectivity index is 5.44. The molecule has 0 saturated heterocycles. The number of hydrogen-bond acceptors (Lipinski definition) is 9. The van der Waals surface area contributed by atoms with Crippen LogP contribution in [0.25, 0.3) is 0 Å². The molecule has 194 valence electrons. The highest BCUT2D eigenvalue weighted by atomic mass is 32.2. The second-order valence-corrected chi connectivity index (χ2v) is 9.19. The van der Waals surface area contributed by atoms with E-state index >= 15 is 0 Å². The minimum atomic E-state index is -1.52. The van der Waals surface area contributed by atoms with E-state index in [0.717, 1.165) is 0 Å². The van der Waals surface area contributed by atoms with E-state index in [1.165, 1.54) is 23.5 Å². The molecule has 4 unspecified atom stereocenters. The van der Waals surface area contributed by atoms with Crippen LogP contribution in [-0.4, -0.2) is 99.1 Å². The number of hydrogen-bond donors (Lipinski definition) is 7. The maximum atomic E-state index is 12.7. The van der Waals surface area contributed by atoms with Crippen LogP contribution >= 0.6 is 23.5 Å². The SMILES string of the molecule is CSCCC(N)C(=O)NC(CC(=O)O)C(=O)NC(CCSC)C(=O)NC(CCC(=O)O)C(=O)O. The van der Waals surface area contributed by atoms with Crippen LogP contribution in [0.15, 0.2) is 0 Å². The third kappa shape index (κ3) is 13.3. The van der Waals surface area contributed by atoms with E-state index in [4.69, 9.17) is 15.9 Å². The van der Waals surface area contributed by atoms with Crippen molar-refractivity contribution >= 4 is 59.2 Å². The molecule has 3 amide bonds. The molecule has 0 aliphatic heterocycles. The summed E-state index contributed by atoms with van der Waals surface area (Å²) in [6.07, 6.45) is 2.31. The van der Waals surface area contributed by atoms with Gasteiger partial charge in [0.05, 0.1) is 12.5 Å². The molecule has 0 heterocycles. The van der Waals surface area contributed by atoms with Crippen molar-refractivity contribution in [3.05, 3.63) is 0 Å². The number of amides is 3. The molecule has 34 heavy (non-hydrogen) atoms. The van der Waals surface area contributed by atoms with E-state index in [2.05, 4.69) is 16.0 Å². The summed E-state index contributed by atoms with van der Waals surface area (Å²) in [5.74, 6) is -5.64. The third-order valence-corrected chi connectivity index (χ3v) is 5.77. The highest BCUT2D eigenvalue weighted by molar-refractivity contribution is 7.98. The first-order valence-electron chi connectivity index (χ1n) is 10.2. The van der Waals surface area contributed by atoms with Gasteiger partial charge in [0.15, 0.2) is 0 Å². The summed E-state index contributed by atoms with van der Waals surface area (Å²) in [7, 11) is 0. The van der Waals surface area contributed by atoms with Crippen LogP contribution in [0.4, 0.5) is 0 Å². The lowest BCUT2D eigenvalue weighted by Gasteiger charge is -2.24. The Morgan fingerprint density at radius 3 is 1.71 bits per heavy atom. The fourth-order valence-corrected chi connectivity index (χ4v) is 3.57. The van der Waals surface area contributed by atoms with Crippen molar-refractivity contribution in [3.63, 3.8) is 0 Å². The standard InChI is InChI=1S/C19H32N4O9S2/c1-33-7-5-10(20)16(28)23-13(9-15(26)27)18(30)21-11(6-8-34-2)17(29)22-12(19(31)32)3-4-14(24)25/h10-13H,3-9,20H2,1-2H3,(H,21,30)(H,22,29)(H,23,28)(H,24,25)(H,26,27)(H,31,32). The molecule has 0 aromatic rings. The summed E-state index contributed by atoms with van der Waals surface area (Å²) in [6, 6.07) is -5.22. The molecule has 0 aromatic carbocycles. The van der Waals surface area contributed by atoms with E-state index < -0.39 is 72.6 Å². The molecule has 8 N–H and O–H groups in total. The molecule has 0 fully saturated rings. The number of carboxylic acids is 3. The normalized spacial score (nSPS) is 14.2. The number of carboxylic acid groups (broad SMARTS) is 3. The van der Waals surface area contributed by atoms with Gasteiger partial charge in [0.1, 0.15) is 18.1 Å². The highest BCUT2D eigenvalue weighted by Crippen LogP contribution is 2.06. The number of carbonyl (C=O) groups excluding carboxylic acids is 3. The Kier molecular flexibility index (Phi) is 15.7.